The van der Waals surface area contributed by atoms with Crippen molar-refractivity contribution in [1.82, 2.24) is 4.57 Å². The molecule has 27 heavy (non-hydrogen) atoms. The Kier molecular flexibility index (Phi) is 3.40. The van der Waals surface area contributed by atoms with Gasteiger partial charge in [0.15, 0.2) is 5.82 Å². The quantitative estimate of drug-likeness (QED) is 0.858. The summed E-state index contributed by atoms with van der Waals surface area (Å²) in [5.74, 6) is -2.45. The SMILES string of the molecule is N[C@H]1C[C@H]2CN(c3c(F)cc4c(=O)c(C(=O)O)cn(C5CC5)c4c3F)C[C@H]21. The van der Waals surface area contributed by atoms with Crippen molar-refractivity contribution in [1.29, 1.82) is 0 Å². The van der Waals surface area contributed by atoms with Gasteiger partial charge in [-0.15, -0.1) is 0 Å². The van der Waals surface area contributed by atoms with Crippen LogP contribution in [0.4, 0.5) is 14.5 Å². The zero-order chi connectivity index (χ0) is 19.0. The van der Waals surface area contributed by atoms with E-state index in [9.17, 15) is 19.1 Å². The van der Waals surface area contributed by atoms with Gasteiger partial charge in [-0.3, -0.25) is 4.79 Å². The minimum absolute atomic E-state index is 0.00699. The van der Waals surface area contributed by atoms with E-state index in [0.717, 1.165) is 25.3 Å². The first-order valence-electron chi connectivity index (χ1n) is 9.17. The number of aromatic carboxylic acids is 1. The highest BCUT2D eigenvalue weighted by atomic mass is 19.1. The molecule has 1 aliphatic heterocycles. The molecule has 0 amide bonds. The lowest BCUT2D eigenvalue weighted by Crippen LogP contribution is -2.46. The van der Waals surface area contributed by atoms with Crippen LogP contribution in [0.1, 0.15) is 35.7 Å². The molecule has 0 radical (unpaired) electrons. The molecule has 6 nitrogen and oxygen atoms in total. The summed E-state index contributed by atoms with van der Waals surface area (Å²) in [4.78, 5) is 25.6. The maximum atomic E-state index is 15.5. The molecule has 2 aliphatic carbocycles. The smallest absolute Gasteiger partial charge is 0.341 e. The first kappa shape index (κ1) is 16.7. The van der Waals surface area contributed by atoms with Crippen molar-refractivity contribution < 1.29 is 18.7 Å². The number of aromatic nitrogens is 1. The Hall–Kier alpha value is -2.48. The standard InChI is InChI=1S/C19H19F2N3O3/c20-13-4-10-16(24(9-1-2-9)7-12(18(10)25)19(26)27)15(21)17(13)23-5-8-3-14(22)11(8)6-23/h4,7-9,11,14H,1-3,5-6,22H2,(H,26,27)/t8-,11+,14-/m0/s1. The molecule has 2 saturated carbocycles. The predicted molar refractivity (Wildman–Crippen MR) is 95.1 cm³/mol. The van der Waals surface area contributed by atoms with Gasteiger partial charge in [-0.1, -0.05) is 0 Å². The number of carbonyl (C=O) groups is 1. The third kappa shape index (κ3) is 2.32. The molecule has 2 aromatic rings. The van der Waals surface area contributed by atoms with E-state index in [1.807, 2.05) is 0 Å². The number of nitrogens with two attached hydrogens (primary N) is 1. The minimum Gasteiger partial charge on any atom is -0.477 e. The summed E-state index contributed by atoms with van der Waals surface area (Å²) < 4.78 is 31.8. The maximum absolute atomic E-state index is 15.5. The van der Waals surface area contributed by atoms with Crippen molar-refractivity contribution >= 4 is 22.6 Å². The number of fused-ring (bicyclic) bond motifs is 2. The summed E-state index contributed by atoms with van der Waals surface area (Å²) in [6.07, 6.45) is 3.59. The van der Waals surface area contributed by atoms with Crippen LogP contribution in [0.25, 0.3) is 10.9 Å². The third-order valence-corrected chi connectivity index (χ3v) is 6.29. The zero-order valence-corrected chi connectivity index (χ0v) is 14.5. The molecular formula is C19H19F2N3O3. The molecule has 3 fully saturated rings. The number of carboxylic acid groups (broad SMARTS) is 1. The second kappa shape index (κ2) is 5.51. The summed E-state index contributed by atoms with van der Waals surface area (Å²) >= 11 is 0. The Morgan fingerprint density at radius 2 is 2.00 bits per heavy atom. The molecule has 1 aromatic carbocycles. The van der Waals surface area contributed by atoms with Crippen LogP contribution in [0.2, 0.25) is 0 Å². The summed E-state index contributed by atoms with van der Waals surface area (Å²) in [7, 11) is 0. The van der Waals surface area contributed by atoms with Gasteiger partial charge in [-0.05, 0) is 37.2 Å². The van der Waals surface area contributed by atoms with E-state index < -0.39 is 28.6 Å². The number of hydrogen-bond donors (Lipinski definition) is 2. The number of benzene rings is 1. The van der Waals surface area contributed by atoms with Gasteiger partial charge in [0.05, 0.1) is 10.9 Å². The molecular weight excluding hydrogens is 356 g/mol. The van der Waals surface area contributed by atoms with Gasteiger partial charge in [-0.2, -0.15) is 0 Å². The monoisotopic (exact) mass is 375 g/mol. The highest BCUT2D eigenvalue weighted by molar-refractivity contribution is 5.94. The molecule has 142 valence electrons. The minimum atomic E-state index is -1.40. The molecule has 1 aromatic heterocycles. The van der Waals surface area contributed by atoms with Crippen LogP contribution >= 0.6 is 0 Å². The van der Waals surface area contributed by atoms with Crippen molar-refractivity contribution in [2.45, 2.75) is 31.3 Å². The lowest BCUT2D eigenvalue weighted by molar-refractivity contribution is 0.0695. The van der Waals surface area contributed by atoms with Crippen LogP contribution in [0, 0.1) is 23.5 Å². The van der Waals surface area contributed by atoms with Crippen molar-refractivity contribution in [3.63, 3.8) is 0 Å². The number of rotatable bonds is 3. The largest absolute Gasteiger partial charge is 0.477 e. The Morgan fingerprint density at radius 3 is 2.59 bits per heavy atom. The number of pyridine rings is 1. The van der Waals surface area contributed by atoms with Crippen LogP contribution in [0.15, 0.2) is 17.1 Å². The van der Waals surface area contributed by atoms with Gasteiger partial charge in [0, 0.05) is 31.4 Å². The normalized spacial score (nSPS) is 26.9. The lowest BCUT2D eigenvalue weighted by Gasteiger charge is -2.36. The topological polar surface area (TPSA) is 88.6 Å². The summed E-state index contributed by atoms with van der Waals surface area (Å²) in [6.45, 7) is 1.03. The maximum Gasteiger partial charge on any atom is 0.341 e. The molecule has 0 spiro atoms. The van der Waals surface area contributed by atoms with E-state index >= 15 is 4.39 Å². The average Bonchev–Trinajstić information content (AvgIpc) is 3.39. The van der Waals surface area contributed by atoms with E-state index in [1.54, 1.807) is 4.90 Å². The summed E-state index contributed by atoms with van der Waals surface area (Å²) in [5, 5.41) is 9.06. The predicted octanol–water partition coefficient (Wildman–Crippen LogP) is 2.10. The van der Waals surface area contributed by atoms with Crippen molar-refractivity contribution in [3.05, 3.63) is 39.7 Å². The van der Waals surface area contributed by atoms with Crippen LogP contribution in [0.5, 0.6) is 0 Å². The number of carboxylic acids is 1. The second-order valence-corrected chi connectivity index (χ2v) is 7.96. The average molecular weight is 375 g/mol. The summed E-state index contributed by atoms with van der Waals surface area (Å²) in [5.41, 5.74) is 4.52. The number of halogens is 2. The highest BCUT2D eigenvalue weighted by Crippen LogP contribution is 2.44. The molecule has 8 heteroatoms. The lowest BCUT2D eigenvalue weighted by atomic mass is 9.72. The van der Waals surface area contributed by atoms with Crippen molar-refractivity contribution in [2.75, 3.05) is 18.0 Å². The van der Waals surface area contributed by atoms with Gasteiger partial charge in [0.25, 0.3) is 0 Å². The molecule has 3 N–H and O–H groups in total. The Morgan fingerprint density at radius 1 is 1.26 bits per heavy atom. The van der Waals surface area contributed by atoms with E-state index in [-0.39, 0.29) is 34.6 Å². The van der Waals surface area contributed by atoms with Crippen LogP contribution in [-0.4, -0.2) is 34.8 Å². The number of hydrogen-bond acceptors (Lipinski definition) is 4. The molecule has 0 bridgehead atoms. The van der Waals surface area contributed by atoms with E-state index in [4.69, 9.17) is 5.73 Å². The van der Waals surface area contributed by atoms with Crippen LogP contribution in [0.3, 0.4) is 0 Å². The van der Waals surface area contributed by atoms with Gasteiger partial charge in [0.2, 0.25) is 5.43 Å². The Bertz CT molecular complexity index is 1050. The first-order chi connectivity index (χ1) is 12.9. The molecule has 3 aliphatic rings. The third-order valence-electron chi connectivity index (χ3n) is 6.29. The van der Waals surface area contributed by atoms with Gasteiger partial charge in [0.1, 0.15) is 17.1 Å². The zero-order valence-electron chi connectivity index (χ0n) is 14.5. The molecule has 3 atom stereocenters. The van der Waals surface area contributed by atoms with E-state index in [0.29, 0.717) is 19.0 Å². The molecule has 5 rings (SSSR count). The second-order valence-electron chi connectivity index (χ2n) is 7.96. The Balaban J connectivity index is 1.73. The summed E-state index contributed by atoms with van der Waals surface area (Å²) in [6, 6.07) is 0.984. The van der Waals surface area contributed by atoms with Gasteiger partial charge in [-0.25, -0.2) is 13.6 Å². The Labute approximate surface area is 153 Å². The molecule has 1 saturated heterocycles. The van der Waals surface area contributed by atoms with Crippen molar-refractivity contribution in [2.24, 2.45) is 17.6 Å². The number of anilines is 1. The highest BCUT2D eigenvalue weighted by Gasteiger charge is 2.46. The fraction of sp³-hybridized carbons (Fsp3) is 0.474. The van der Waals surface area contributed by atoms with Crippen LogP contribution in [-0.2, 0) is 0 Å². The molecule has 2 heterocycles. The number of nitrogens with zero attached hydrogens (tertiary/aromatic N) is 2. The first-order valence-corrected chi connectivity index (χ1v) is 9.17. The van der Waals surface area contributed by atoms with Gasteiger partial charge < -0.3 is 20.3 Å². The van der Waals surface area contributed by atoms with E-state index in [2.05, 4.69) is 0 Å². The fourth-order valence-electron chi connectivity index (χ4n) is 4.66. The van der Waals surface area contributed by atoms with Gasteiger partial charge >= 0.3 is 5.97 Å². The molecule has 0 unspecified atom stereocenters. The fourth-order valence-corrected chi connectivity index (χ4v) is 4.66. The van der Waals surface area contributed by atoms with E-state index in [1.165, 1.54) is 10.8 Å². The van der Waals surface area contributed by atoms with Crippen molar-refractivity contribution in [3.8, 4) is 0 Å². The van der Waals surface area contributed by atoms with Crippen LogP contribution < -0.4 is 16.1 Å².